The lowest BCUT2D eigenvalue weighted by Gasteiger charge is -2.30. The summed E-state index contributed by atoms with van der Waals surface area (Å²) in [5, 5.41) is 3.51. The van der Waals surface area contributed by atoms with E-state index in [0.29, 0.717) is 6.04 Å². The number of aromatic nitrogens is 1. The second-order valence-electron chi connectivity index (χ2n) is 6.64. The minimum absolute atomic E-state index is 0.654. The number of pyridine rings is 1. The van der Waals surface area contributed by atoms with Crippen LogP contribution in [0.1, 0.15) is 37.8 Å². The Morgan fingerprint density at radius 1 is 1.18 bits per heavy atom. The van der Waals surface area contributed by atoms with Crippen LogP contribution in [-0.2, 0) is 11.3 Å². The Balaban J connectivity index is 1.53. The van der Waals surface area contributed by atoms with Gasteiger partial charge in [-0.2, -0.15) is 0 Å². The van der Waals surface area contributed by atoms with Gasteiger partial charge < -0.3 is 10.1 Å². The smallest absolute Gasteiger partial charge is 0.0593 e. The van der Waals surface area contributed by atoms with Crippen LogP contribution in [0, 0.1) is 5.92 Å². The van der Waals surface area contributed by atoms with Gasteiger partial charge in [0, 0.05) is 31.9 Å². The fourth-order valence-corrected chi connectivity index (χ4v) is 3.17. The van der Waals surface area contributed by atoms with Crippen molar-refractivity contribution in [1.29, 1.82) is 0 Å². The standard InChI is InChI=1S/C18H29N3O/c1-2-10-20-17(4-1)14-21(12-13-22-15-16-6-7-16)18-5-3-9-19-11-8-18/h1-2,4,10,16,18-19H,3,5-9,11-15H2/t18-/m0/s1. The van der Waals surface area contributed by atoms with Gasteiger partial charge in [0.05, 0.1) is 12.3 Å². The Kier molecular flexibility index (Phi) is 6.22. The van der Waals surface area contributed by atoms with Crippen LogP contribution in [0.2, 0.25) is 0 Å². The summed E-state index contributed by atoms with van der Waals surface area (Å²) in [6, 6.07) is 6.86. The third-order valence-electron chi connectivity index (χ3n) is 4.73. The molecule has 1 saturated carbocycles. The number of nitrogens with zero attached hydrogens (tertiary/aromatic N) is 2. The van der Waals surface area contributed by atoms with Gasteiger partial charge in [0.25, 0.3) is 0 Å². The summed E-state index contributed by atoms with van der Waals surface area (Å²) in [4.78, 5) is 7.09. The summed E-state index contributed by atoms with van der Waals surface area (Å²) >= 11 is 0. The summed E-state index contributed by atoms with van der Waals surface area (Å²) in [6.45, 7) is 6.07. The molecule has 1 aromatic rings. The van der Waals surface area contributed by atoms with Crippen LogP contribution in [0.3, 0.4) is 0 Å². The van der Waals surface area contributed by atoms with Gasteiger partial charge in [-0.05, 0) is 63.2 Å². The molecule has 1 aliphatic heterocycles. The molecular weight excluding hydrogens is 274 g/mol. The van der Waals surface area contributed by atoms with Gasteiger partial charge in [-0.25, -0.2) is 0 Å². The van der Waals surface area contributed by atoms with E-state index in [1.165, 1.54) is 37.8 Å². The average Bonchev–Trinajstić information content (AvgIpc) is 3.38. The van der Waals surface area contributed by atoms with Crippen molar-refractivity contribution < 1.29 is 4.74 Å². The molecule has 0 bridgehead atoms. The summed E-state index contributed by atoms with van der Waals surface area (Å²) in [5.74, 6) is 0.853. The van der Waals surface area contributed by atoms with Crippen LogP contribution in [0.25, 0.3) is 0 Å². The van der Waals surface area contributed by atoms with Gasteiger partial charge in [-0.3, -0.25) is 9.88 Å². The molecule has 4 nitrogen and oxygen atoms in total. The van der Waals surface area contributed by atoms with Crippen molar-refractivity contribution in [3.05, 3.63) is 30.1 Å². The van der Waals surface area contributed by atoms with Gasteiger partial charge in [-0.1, -0.05) is 6.07 Å². The van der Waals surface area contributed by atoms with Crippen molar-refractivity contribution in [3.8, 4) is 0 Å². The normalized spacial score (nSPS) is 22.7. The highest BCUT2D eigenvalue weighted by molar-refractivity contribution is 5.03. The molecule has 0 amide bonds. The summed E-state index contributed by atoms with van der Waals surface area (Å²) in [6.07, 6.45) is 8.41. The summed E-state index contributed by atoms with van der Waals surface area (Å²) in [7, 11) is 0. The zero-order chi connectivity index (χ0) is 15.0. The quantitative estimate of drug-likeness (QED) is 0.749. The number of nitrogens with one attached hydrogen (secondary N) is 1. The first kappa shape index (κ1) is 15.9. The van der Waals surface area contributed by atoms with Crippen LogP contribution in [0.15, 0.2) is 24.4 Å². The average molecular weight is 303 g/mol. The van der Waals surface area contributed by atoms with Gasteiger partial charge in [0.15, 0.2) is 0 Å². The minimum Gasteiger partial charge on any atom is -0.380 e. The Bertz CT molecular complexity index is 414. The highest BCUT2D eigenvalue weighted by atomic mass is 16.5. The van der Waals surface area contributed by atoms with Gasteiger partial charge in [0.2, 0.25) is 0 Å². The number of rotatable bonds is 8. The summed E-state index contributed by atoms with van der Waals surface area (Å²) < 4.78 is 5.87. The molecule has 2 aliphatic rings. The van der Waals surface area contributed by atoms with Gasteiger partial charge >= 0.3 is 0 Å². The van der Waals surface area contributed by atoms with Crippen molar-refractivity contribution in [1.82, 2.24) is 15.2 Å². The van der Waals surface area contributed by atoms with Crippen LogP contribution in [0.4, 0.5) is 0 Å². The Morgan fingerprint density at radius 2 is 2.14 bits per heavy atom. The lowest BCUT2D eigenvalue weighted by molar-refractivity contribution is 0.0733. The van der Waals surface area contributed by atoms with Crippen molar-refractivity contribution in [2.45, 2.75) is 44.7 Å². The molecule has 1 N–H and O–H groups in total. The molecule has 122 valence electrons. The molecule has 1 aromatic heterocycles. The van der Waals surface area contributed by atoms with Crippen LogP contribution in [0.5, 0.6) is 0 Å². The maximum Gasteiger partial charge on any atom is 0.0593 e. The predicted octanol–water partition coefficient (Wildman–Crippen LogP) is 2.45. The molecule has 0 spiro atoms. The summed E-state index contributed by atoms with van der Waals surface area (Å²) in [5.41, 5.74) is 1.17. The Labute approximate surface area is 134 Å². The molecule has 22 heavy (non-hydrogen) atoms. The second kappa shape index (κ2) is 8.61. The van der Waals surface area contributed by atoms with E-state index in [1.54, 1.807) is 0 Å². The van der Waals surface area contributed by atoms with Gasteiger partial charge in [-0.15, -0.1) is 0 Å². The first-order valence-electron chi connectivity index (χ1n) is 8.84. The number of ether oxygens (including phenoxy) is 1. The molecule has 4 heteroatoms. The molecule has 2 heterocycles. The van der Waals surface area contributed by atoms with E-state index < -0.39 is 0 Å². The van der Waals surface area contributed by atoms with E-state index in [-0.39, 0.29) is 0 Å². The molecule has 2 fully saturated rings. The first-order valence-corrected chi connectivity index (χ1v) is 8.84. The van der Waals surface area contributed by atoms with Crippen molar-refractivity contribution >= 4 is 0 Å². The maximum atomic E-state index is 5.87. The fraction of sp³-hybridized carbons (Fsp3) is 0.722. The molecule has 3 rings (SSSR count). The lowest BCUT2D eigenvalue weighted by atomic mass is 10.1. The fourth-order valence-electron chi connectivity index (χ4n) is 3.17. The predicted molar refractivity (Wildman–Crippen MR) is 88.7 cm³/mol. The topological polar surface area (TPSA) is 37.4 Å². The molecular formula is C18H29N3O. The molecule has 0 radical (unpaired) electrons. The third kappa shape index (κ3) is 5.34. The van der Waals surface area contributed by atoms with E-state index in [4.69, 9.17) is 4.74 Å². The van der Waals surface area contributed by atoms with E-state index in [1.807, 2.05) is 12.3 Å². The molecule has 1 saturated heterocycles. The highest BCUT2D eigenvalue weighted by Gasteiger charge is 2.23. The Hall–Kier alpha value is -0.970. The SMILES string of the molecule is c1ccc(CN(CCOCC2CC2)[C@H]2CCCNCC2)nc1. The maximum absolute atomic E-state index is 5.87. The zero-order valence-corrected chi connectivity index (χ0v) is 13.5. The molecule has 1 atom stereocenters. The zero-order valence-electron chi connectivity index (χ0n) is 13.5. The van der Waals surface area contributed by atoms with Crippen molar-refractivity contribution in [2.75, 3.05) is 32.8 Å². The monoisotopic (exact) mass is 303 g/mol. The largest absolute Gasteiger partial charge is 0.380 e. The minimum atomic E-state index is 0.654. The molecule has 0 unspecified atom stereocenters. The lowest BCUT2D eigenvalue weighted by Crippen LogP contribution is -2.38. The second-order valence-corrected chi connectivity index (χ2v) is 6.64. The third-order valence-corrected chi connectivity index (χ3v) is 4.73. The van der Waals surface area contributed by atoms with E-state index >= 15 is 0 Å². The molecule has 0 aromatic carbocycles. The Morgan fingerprint density at radius 3 is 2.95 bits per heavy atom. The van der Waals surface area contributed by atoms with E-state index in [2.05, 4.69) is 27.3 Å². The van der Waals surface area contributed by atoms with Crippen LogP contribution < -0.4 is 5.32 Å². The number of hydrogen-bond acceptors (Lipinski definition) is 4. The van der Waals surface area contributed by atoms with Crippen molar-refractivity contribution in [2.24, 2.45) is 5.92 Å². The molecule has 1 aliphatic carbocycles. The highest BCUT2D eigenvalue weighted by Crippen LogP contribution is 2.28. The first-order chi connectivity index (χ1) is 10.9. The van der Waals surface area contributed by atoms with Gasteiger partial charge in [0.1, 0.15) is 0 Å². The van der Waals surface area contributed by atoms with Crippen LogP contribution in [-0.4, -0.2) is 48.8 Å². The van der Waals surface area contributed by atoms with Crippen molar-refractivity contribution in [3.63, 3.8) is 0 Å². The van der Waals surface area contributed by atoms with E-state index in [0.717, 1.165) is 45.3 Å². The number of hydrogen-bond donors (Lipinski definition) is 1. The van der Waals surface area contributed by atoms with E-state index in [9.17, 15) is 0 Å². The van der Waals surface area contributed by atoms with Crippen LogP contribution >= 0.6 is 0 Å².